The molecule has 1 aromatic carbocycles. The molecule has 1 aliphatic rings. The van der Waals surface area contributed by atoms with Crippen molar-refractivity contribution in [1.82, 2.24) is 0 Å². The van der Waals surface area contributed by atoms with Gasteiger partial charge in [0.1, 0.15) is 18.3 Å². The lowest BCUT2D eigenvalue weighted by molar-refractivity contribution is -0.300. The molecule has 0 aliphatic carbocycles. The molecule has 8 nitrogen and oxygen atoms in total. The number of rotatable bonds is 4. The van der Waals surface area contributed by atoms with E-state index in [-0.39, 0.29) is 0 Å². The van der Waals surface area contributed by atoms with Crippen LogP contribution in [0.2, 0.25) is 0 Å². The lowest BCUT2D eigenvalue weighted by atomic mass is 9.99. The maximum atomic E-state index is 11.0. The zero-order valence-electron chi connectivity index (χ0n) is 11.3. The molecule has 0 bridgehead atoms. The fourth-order valence-corrected chi connectivity index (χ4v) is 2.11. The van der Waals surface area contributed by atoms with E-state index < -0.39 is 42.8 Å². The smallest absolute Gasteiger partial charge is 0.335 e. The van der Waals surface area contributed by atoms with E-state index in [0.717, 1.165) is 0 Å². The van der Waals surface area contributed by atoms with E-state index in [1.54, 1.807) is 30.3 Å². The Hall–Kier alpha value is -2.02. The number of carbonyl (C=O) groups is 1. The van der Waals surface area contributed by atoms with Gasteiger partial charge in [-0.3, -0.25) is 0 Å². The standard InChI is InChI=1S/C14H15NO7/c15-6-8(7-4-2-1-3-5-7)21-14-11(18)9(16)10(17)12(22-14)13(19)20/h1-5,8-12,14,16-18H,(H,19,20)/t8-,9-,10-,11+,12-,14+/m0/s1. The zero-order chi connectivity index (χ0) is 16.3. The first-order valence-corrected chi connectivity index (χ1v) is 6.48. The Morgan fingerprint density at radius 2 is 1.82 bits per heavy atom. The van der Waals surface area contributed by atoms with Crippen molar-refractivity contribution in [2.24, 2.45) is 0 Å². The van der Waals surface area contributed by atoms with E-state index in [4.69, 9.17) is 19.8 Å². The van der Waals surface area contributed by atoms with Crippen LogP contribution in [0.15, 0.2) is 30.3 Å². The molecule has 0 aromatic heterocycles. The van der Waals surface area contributed by atoms with Gasteiger partial charge >= 0.3 is 5.97 Å². The second-order valence-electron chi connectivity index (χ2n) is 4.79. The van der Waals surface area contributed by atoms with Gasteiger partial charge in [0.05, 0.1) is 6.07 Å². The molecule has 22 heavy (non-hydrogen) atoms. The SMILES string of the molecule is N#C[C@H](O[C@@H]1O[C@H](C(=O)O)[C@@H](O)[C@H](O)[C@H]1O)c1ccccc1. The number of aliphatic hydroxyl groups is 3. The van der Waals surface area contributed by atoms with Crippen LogP contribution in [-0.4, -0.2) is 57.1 Å². The number of nitrogens with zero attached hydrogens (tertiary/aromatic N) is 1. The molecule has 6 atom stereocenters. The van der Waals surface area contributed by atoms with Gasteiger partial charge in [-0.1, -0.05) is 30.3 Å². The summed E-state index contributed by atoms with van der Waals surface area (Å²) >= 11 is 0. The third kappa shape index (κ3) is 3.24. The molecule has 4 N–H and O–H groups in total. The fraction of sp³-hybridized carbons (Fsp3) is 0.429. The molecule has 8 heteroatoms. The topological polar surface area (TPSA) is 140 Å². The average Bonchev–Trinajstić information content (AvgIpc) is 2.52. The van der Waals surface area contributed by atoms with Crippen LogP contribution < -0.4 is 0 Å². The zero-order valence-corrected chi connectivity index (χ0v) is 11.3. The molecular weight excluding hydrogens is 294 g/mol. The number of ether oxygens (including phenoxy) is 2. The van der Waals surface area contributed by atoms with E-state index in [9.17, 15) is 20.1 Å². The number of hydrogen-bond donors (Lipinski definition) is 4. The van der Waals surface area contributed by atoms with Crippen LogP contribution in [0.4, 0.5) is 0 Å². The van der Waals surface area contributed by atoms with Gasteiger partial charge in [0.15, 0.2) is 18.5 Å². The van der Waals surface area contributed by atoms with E-state index >= 15 is 0 Å². The molecule has 118 valence electrons. The van der Waals surface area contributed by atoms with Gasteiger partial charge < -0.3 is 29.9 Å². The maximum absolute atomic E-state index is 11.0. The maximum Gasteiger partial charge on any atom is 0.335 e. The summed E-state index contributed by atoms with van der Waals surface area (Å²) in [6.07, 6.45) is -9.72. The van der Waals surface area contributed by atoms with Crippen molar-refractivity contribution in [3.63, 3.8) is 0 Å². The van der Waals surface area contributed by atoms with E-state index in [1.165, 1.54) is 0 Å². The van der Waals surface area contributed by atoms with Crippen LogP contribution in [-0.2, 0) is 14.3 Å². The molecule has 2 rings (SSSR count). The molecule has 1 aromatic rings. The van der Waals surface area contributed by atoms with Crippen LogP contribution >= 0.6 is 0 Å². The van der Waals surface area contributed by atoms with Gasteiger partial charge in [0.25, 0.3) is 0 Å². The Labute approximate surface area is 125 Å². The summed E-state index contributed by atoms with van der Waals surface area (Å²) in [6, 6.07) is 10.2. The lowest BCUT2D eigenvalue weighted by Crippen LogP contribution is -2.60. The molecule has 1 aliphatic heterocycles. The van der Waals surface area contributed by atoms with Crippen LogP contribution in [0.25, 0.3) is 0 Å². The monoisotopic (exact) mass is 309 g/mol. The lowest BCUT2D eigenvalue weighted by Gasteiger charge is -2.39. The number of nitriles is 1. The second kappa shape index (κ2) is 6.83. The molecule has 0 saturated carbocycles. The van der Waals surface area contributed by atoms with Crippen molar-refractivity contribution in [2.75, 3.05) is 0 Å². The number of aliphatic hydroxyl groups excluding tert-OH is 3. The van der Waals surface area contributed by atoms with Crippen molar-refractivity contribution in [2.45, 2.75) is 36.8 Å². The van der Waals surface area contributed by atoms with Crippen molar-refractivity contribution >= 4 is 5.97 Å². The molecule has 0 radical (unpaired) electrons. The number of aliphatic carboxylic acids is 1. The first-order valence-electron chi connectivity index (χ1n) is 6.48. The minimum atomic E-state index is -1.80. The highest BCUT2D eigenvalue weighted by molar-refractivity contribution is 5.73. The van der Waals surface area contributed by atoms with Crippen molar-refractivity contribution < 1.29 is 34.7 Å². The minimum absolute atomic E-state index is 0.480. The van der Waals surface area contributed by atoms with Crippen LogP contribution in [0.5, 0.6) is 0 Å². The highest BCUT2D eigenvalue weighted by Crippen LogP contribution is 2.27. The van der Waals surface area contributed by atoms with E-state index in [1.807, 2.05) is 6.07 Å². The minimum Gasteiger partial charge on any atom is -0.479 e. The van der Waals surface area contributed by atoms with Gasteiger partial charge in [0.2, 0.25) is 0 Å². The summed E-state index contributed by atoms with van der Waals surface area (Å²) < 4.78 is 10.2. The van der Waals surface area contributed by atoms with Crippen molar-refractivity contribution in [1.29, 1.82) is 5.26 Å². The van der Waals surface area contributed by atoms with Crippen molar-refractivity contribution in [3.8, 4) is 6.07 Å². The number of carboxylic acid groups (broad SMARTS) is 1. The Morgan fingerprint density at radius 3 is 2.36 bits per heavy atom. The summed E-state index contributed by atoms with van der Waals surface area (Å²) in [5, 5.41) is 47.2. The number of benzene rings is 1. The fourth-order valence-electron chi connectivity index (χ4n) is 2.11. The third-order valence-electron chi connectivity index (χ3n) is 3.30. The van der Waals surface area contributed by atoms with Gasteiger partial charge in [-0.15, -0.1) is 0 Å². The molecule has 0 spiro atoms. The highest BCUT2D eigenvalue weighted by atomic mass is 16.7. The number of hydrogen-bond acceptors (Lipinski definition) is 7. The second-order valence-corrected chi connectivity index (χ2v) is 4.79. The summed E-state index contributed by atoms with van der Waals surface area (Å²) in [5.41, 5.74) is 0.480. The van der Waals surface area contributed by atoms with Gasteiger partial charge in [-0.05, 0) is 5.56 Å². The van der Waals surface area contributed by atoms with Crippen molar-refractivity contribution in [3.05, 3.63) is 35.9 Å². The molecular formula is C14H15NO7. The molecule has 1 heterocycles. The third-order valence-corrected chi connectivity index (χ3v) is 3.30. The van der Waals surface area contributed by atoms with Crippen LogP contribution in [0, 0.1) is 11.3 Å². The van der Waals surface area contributed by atoms with Crippen LogP contribution in [0.1, 0.15) is 11.7 Å². The molecule has 0 unspecified atom stereocenters. The average molecular weight is 309 g/mol. The Morgan fingerprint density at radius 1 is 1.18 bits per heavy atom. The molecule has 0 amide bonds. The highest BCUT2D eigenvalue weighted by Gasteiger charge is 2.48. The van der Waals surface area contributed by atoms with E-state index in [0.29, 0.717) is 5.56 Å². The first-order chi connectivity index (χ1) is 10.5. The molecule has 1 fully saturated rings. The Balaban J connectivity index is 2.16. The summed E-state index contributed by atoms with van der Waals surface area (Å²) in [6.45, 7) is 0. The van der Waals surface area contributed by atoms with Crippen LogP contribution in [0.3, 0.4) is 0 Å². The molecule has 1 saturated heterocycles. The Bertz CT molecular complexity index is 558. The predicted octanol–water partition coefficient (Wildman–Crippen LogP) is -0.840. The summed E-state index contributed by atoms with van der Waals surface area (Å²) in [4.78, 5) is 11.0. The van der Waals surface area contributed by atoms with Gasteiger partial charge in [0, 0.05) is 0 Å². The van der Waals surface area contributed by atoms with Gasteiger partial charge in [-0.2, -0.15) is 5.26 Å². The van der Waals surface area contributed by atoms with E-state index in [2.05, 4.69) is 0 Å². The normalized spacial score (nSPS) is 32.9. The predicted molar refractivity (Wildman–Crippen MR) is 70.2 cm³/mol. The number of carboxylic acids is 1. The summed E-state index contributed by atoms with van der Waals surface area (Å²) in [5.74, 6) is -1.51. The Kier molecular flexibility index (Phi) is 5.07. The van der Waals surface area contributed by atoms with Gasteiger partial charge in [-0.25, -0.2) is 4.79 Å². The first kappa shape index (κ1) is 16.4. The quantitative estimate of drug-likeness (QED) is 0.564. The largest absolute Gasteiger partial charge is 0.479 e. The summed E-state index contributed by atoms with van der Waals surface area (Å²) in [7, 11) is 0.